The lowest BCUT2D eigenvalue weighted by molar-refractivity contribution is -0.402. The smallest absolute Gasteiger partial charge is 0.433 e. The van der Waals surface area contributed by atoms with Crippen LogP contribution in [-0.4, -0.2) is 24.0 Å². The van der Waals surface area contributed by atoms with Gasteiger partial charge in [-0.05, 0) is 32.0 Å². The van der Waals surface area contributed by atoms with Gasteiger partial charge in [0.1, 0.15) is 4.92 Å². The van der Waals surface area contributed by atoms with Crippen LogP contribution in [0.5, 0.6) is 5.75 Å². The third-order valence-electron chi connectivity index (χ3n) is 3.13. The second kappa shape index (κ2) is 6.47. The molecular formula is C15H15FN2O5. The predicted molar refractivity (Wildman–Crippen MR) is 80.3 cm³/mol. The Morgan fingerprint density at radius 3 is 2.52 bits per heavy atom. The molecule has 2 aromatic rings. The molecule has 0 aliphatic carbocycles. The summed E-state index contributed by atoms with van der Waals surface area (Å²) in [4.78, 5) is 23.7. The topological polar surface area (TPSA) is 85.8 Å². The summed E-state index contributed by atoms with van der Waals surface area (Å²) in [5.74, 6) is -1.88. The molecular weight excluding hydrogens is 307 g/mol. The van der Waals surface area contributed by atoms with Crippen LogP contribution in [0, 0.1) is 15.9 Å². The van der Waals surface area contributed by atoms with Crippen molar-refractivity contribution in [2.45, 2.75) is 19.9 Å². The third-order valence-corrected chi connectivity index (χ3v) is 3.13. The summed E-state index contributed by atoms with van der Waals surface area (Å²) in [7, 11) is 1.34. The Balaban J connectivity index is 2.39. The molecule has 8 heteroatoms. The van der Waals surface area contributed by atoms with Crippen LogP contribution in [0.2, 0.25) is 0 Å². The second-order valence-electron chi connectivity index (χ2n) is 4.98. The molecule has 0 bridgehead atoms. The van der Waals surface area contributed by atoms with Gasteiger partial charge in [-0.15, -0.1) is 0 Å². The number of rotatable bonds is 5. The third kappa shape index (κ3) is 3.31. The van der Waals surface area contributed by atoms with Crippen molar-refractivity contribution in [2.75, 3.05) is 12.0 Å². The van der Waals surface area contributed by atoms with E-state index in [0.717, 1.165) is 12.1 Å². The van der Waals surface area contributed by atoms with Crippen molar-refractivity contribution >= 4 is 17.5 Å². The molecule has 0 saturated carbocycles. The van der Waals surface area contributed by atoms with E-state index < -0.39 is 22.5 Å². The first-order valence-corrected chi connectivity index (χ1v) is 6.76. The first kappa shape index (κ1) is 16.5. The van der Waals surface area contributed by atoms with Crippen molar-refractivity contribution in [3.05, 3.63) is 52.0 Å². The van der Waals surface area contributed by atoms with E-state index in [1.807, 2.05) is 0 Å². The van der Waals surface area contributed by atoms with E-state index >= 15 is 0 Å². The van der Waals surface area contributed by atoms with Gasteiger partial charge < -0.3 is 14.1 Å². The molecule has 0 fully saturated rings. The number of hydrogen-bond donors (Lipinski definition) is 0. The number of anilines is 1. The van der Waals surface area contributed by atoms with Crippen LogP contribution < -0.4 is 9.64 Å². The first-order valence-electron chi connectivity index (χ1n) is 6.76. The molecule has 122 valence electrons. The van der Waals surface area contributed by atoms with Crippen molar-refractivity contribution in [1.82, 2.24) is 0 Å². The lowest BCUT2D eigenvalue weighted by atomic mass is 10.2. The molecule has 0 radical (unpaired) electrons. The fraction of sp³-hybridized carbons (Fsp3) is 0.267. The number of nitrogens with zero attached hydrogens (tertiary/aromatic N) is 2. The SMILES string of the molecule is COc1ccc(N(C(=O)c2ccc([N+](=O)[O-])o2)C(C)C)cc1F. The molecule has 1 heterocycles. The second-order valence-corrected chi connectivity index (χ2v) is 4.98. The molecule has 1 aromatic heterocycles. The minimum absolute atomic E-state index is 0.0542. The summed E-state index contributed by atoms with van der Waals surface area (Å²) >= 11 is 0. The van der Waals surface area contributed by atoms with Gasteiger partial charge in [0.2, 0.25) is 0 Å². The molecule has 0 atom stereocenters. The molecule has 0 unspecified atom stereocenters. The summed E-state index contributed by atoms with van der Waals surface area (Å²) in [5.41, 5.74) is 0.294. The molecule has 2 rings (SSSR count). The van der Waals surface area contributed by atoms with Gasteiger partial charge in [0, 0.05) is 17.8 Å². The van der Waals surface area contributed by atoms with Crippen LogP contribution in [-0.2, 0) is 0 Å². The van der Waals surface area contributed by atoms with Crippen molar-refractivity contribution in [1.29, 1.82) is 0 Å². The Morgan fingerprint density at radius 2 is 2.04 bits per heavy atom. The van der Waals surface area contributed by atoms with Crippen LogP contribution in [0.25, 0.3) is 0 Å². The van der Waals surface area contributed by atoms with Crippen LogP contribution in [0.1, 0.15) is 24.4 Å². The minimum Gasteiger partial charge on any atom is -0.494 e. The Bertz CT molecular complexity index is 741. The zero-order valence-electron chi connectivity index (χ0n) is 12.8. The molecule has 0 N–H and O–H groups in total. The molecule has 0 saturated heterocycles. The molecule has 0 spiro atoms. The monoisotopic (exact) mass is 322 g/mol. The maximum Gasteiger partial charge on any atom is 0.433 e. The molecule has 1 amide bonds. The highest BCUT2D eigenvalue weighted by Gasteiger charge is 2.26. The molecule has 0 aliphatic rings. The summed E-state index contributed by atoms with van der Waals surface area (Å²) in [6, 6.07) is 6.08. The summed E-state index contributed by atoms with van der Waals surface area (Å²) < 4.78 is 23.6. The van der Waals surface area contributed by atoms with E-state index in [1.165, 1.54) is 30.2 Å². The fourth-order valence-corrected chi connectivity index (χ4v) is 2.11. The lowest BCUT2D eigenvalue weighted by Crippen LogP contribution is -2.36. The Labute approximate surface area is 131 Å². The largest absolute Gasteiger partial charge is 0.494 e. The summed E-state index contributed by atoms with van der Waals surface area (Å²) in [5, 5.41) is 10.6. The number of benzene rings is 1. The number of ether oxygens (including phenoxy) is 1. The first-order chi connectivity index (χ1) is 10.8. The van der Waals surface area contributed by atoms with Crippen LogP contribution in [0.3, 0.4) is 0 Å². The van der Waals surface area contributed by atoms with E-state index in [2.05, 4.69) is 0 Å². The average molecular weight is 322 g/mol. The zero-order chi connectivity index (χ0) is 17.1. The quantitative estimate of drug-likeness (QED) is 0.622. The normalized spacial score (nSPS) is 10.7. The maximum atomic E-state index is 13.9. The number of carbonyl (C=O) groups is 1. The van der Waals surface area contributed by atoms with Gasteiger partial charge in [0.15, 0.2) is 17.3 Å². The highest BCUT2D eigenvalue weighted by molar-refractivity contribution is 6.04. The number of carbonyl (C=O) groups excluding carboxylic acids is 1. The van der Waals surface area contributed by atoms with Gasteiger partial charge in [-0.1, -0.05) is 0 Å². The standard InChI is InChI=1S/C15H15FN2O5/c1-9(2)17(10-4-5-12(22-3)11(16)8-10)15(19)13-6-7-14(23-13)18(20)21/h4-9H,1-3H3. The number of furan rings is 1. The molecule has 23 heavy (non-hydrogen) atoms. The van der Waals surface area contributed by atoms with Crippen LogP contribution in [0.15, 0.2) is 34.7 Å². The van der Waals surface area contributed by atoms with Gasteiger partial charge in [-0.2, -0.15) is 0 Å². The number of methoxy groups -OCH3 is 1. The van der Waals surface area contributed by atoms with Gasteiger partial charge in [0.05, 0.1) is 13.2 Å². The number of hydrogen-bond acceptors (Lipinski definition) is 5. The van der Waals surface area contributed by atoms with Gasteiger partial charge in [-0.25, -0.2) is 4.39 Å². The van der Waals surface area contributed by atoms with E-state index in [4.69, 9.17) is 9.15 Å². The Kier molecular flexibility index (Phi) is 4.63. The number of halogens is 1. The minimum atomic E-state index is -0.733. The van der Waals surface area contributed by atoms with E-state index in [1.54, 1.807) is 13.8 Å². The summed E-state index contributed by atoms with van der Waals surface area (Å²) in [6.07, 6.45) is 0. The fourth-order valence-electron chi connectivity index (χ4n) is 2.11. The van der Waals surface area contributed by atoms with Crippen molar-refractivity contribution < 1.29 is 23.3 Å². The Hall–Kier alpha value is -2.90. The van der Waals surface area contributed by atoms with E-state index in [-0.39, 0.29) is 17.6 Å². The number of nitro groups is 1. The van der Waals surface area contributed by atoms with E-state index in [0.29, 0.717) is 5.69 Å². The number of amides is 1. The predicted octanol–water partition coefficient (Wildman–Crippen LogP) is 3.39. The molecule has 0 aliphatic heterocycles. The zero-order valence-corrected chi connectivity index (χ0v) is 12.8. The van der Waals surface area contributed by atoms with Gasteiger partial charge in [0.25, 0.3) is 5.91 Å². The lowest BCUT2D eigenvalue weighted by Gasteiger charge is -2.26. The van der Waals surface area contributed by atoms with Crippen molar-refractivity contribution in [3.63, 3.8) is 0 Å². The van der Waals surface area contributed by atoms with Gasteiger partial charge >= 0.3 is 5.88 Å². The van der Waals surface area contributed by atoms with Gasteiger partial charge in [-0.3, -0.25) is 14.9 Å². The molecule has 7 nitrogen and oxygen atoms in total. The van der Waals surface area contributed by atoms with Crippen molar-refractivity contribution in [3.8, 4) is 5.75 Å². The highest BCUT2D eigenvalue weighted by Crippen LogP contribution is 2.27. The van der Waals surface area contributed by atoms with E-state index in [9.17, 15) is 19.3 Å². The maximum absolute atomic E-state index is 13.9. The van der Waals surface area contributed by atoms with Crippen LogP contribution >= 0.6 is 0 Å². The van der Waals surface area contributed by atoms with Crippen LogP contribution in [0.4, 0.5) is 16.0 Å². The Morgan fingerprint density at radius 1 is 1.35 bits per heavy atom. The molecule has 1 aromatic carbocycles. The average Bonchev–Trinajstić information content (AvgIpc) is 2.97. The summed E-state index contributed by atoms with van der Waals surface area (Å²) in [6.45, 7) is 3.47. The van der Waals surface area contributed by atoms with Crippen molar-refractivity contribution in [2.24, 2.45) is 0 Å². The highest BCUT2D eigenvalue weighted by atomic mass is 19.1.